The van der Waals surface area contributed by atoms with Crippen molar-refractivity contribution in [3.63, 3.8) is 0 Å². The maximum atomic E-state index is 12.8. The van der Waals surface area contributed by atoms with Gasteiger partial charge in [-0.25, -0.2) is 13.2 Å². The van der Waals surface area contributed by atoms with Crippen molar-refractivity contribution in [2.24, 2.45) is 0 Å². The Morgan fingerprint density at radius 1 is 1.23 bits per heavy atom. The van der Waals surface area contributed by atoms with Crippen LogP contribution in [0.2, 0.25) is 0 Å². The van der Waals surface area contributed by atoms with Gasteiger partial charge in [-0.15, -0.1) is 0 Å². The van der Waals surface area contributed by atoms with E-state index < -0.39 is 30.4 Å². The van der Waals surface area contributed by atoms with E-state index >= 15 is 0 Å². The summed E-state index contributed by atoms with van der Waals surface area (Å²) in [6.07, 6.45) is -3.06. The summed E-state index contributed by atoms with van der Waals surface area (Å²) in [7, 11) is -2.08. The van der Waals surface area contributed by atoms with Crippen molar-refractivity contribution in [3.05, 3.63) is 29.6 Å². The predicted octanol–water partition coefficient (Wildman–Crippen LogP) is 0.443. The van der Waals surface area contributed by atoms with Gasteiger partial charge in [-0.3, -0.25) is 0 Å². The fraction of sp³-hybridized carbons (Fsp3) is 0.143. The maximum absolute atomic E-state index is 12.8. The summed E-state index contributed by atoms with van der Waals surface area (Å²) in [6.45, 7) is 0. The van der Waals surface area contributed by atoms with E-state index in [0.29, 0.717) is 0 Å². The first-order chi connectivity index (χ1) is 6.04. The van der Waals surface area contributed by atoms with Crippen LogP contribution in [-0.4, -0.2) is 17.2 Å². The molecular formula is C7H6BF3O2. The molecule has 2 N–H and O–H groups in total. The van der Waals surface area contributed by atoms with Gasteiger partial charge in [0.05, 0.1) is 5.56 Å². The lowest BCUT2D eigenvalue weighted by molar-refractivity contribution is 0.147. The molecule has 0 amide bonds. The predicted molar refractivity (Wildman–Crippen MR) is 41.2 cm³/mol. The molecule has 6 heteroatoms. The molecule has 0 aliphatic rings. The van der Waals surface area contributed by atoms with Crippen LogP contribution in [0.5, 0.6) is 0 Å². The van der Waals surface area contributed by atoms with Gasteiger partial charge in [-0.05, 0) is 11.5 Å². The van der Waals surface area contributed by atoms with Crippen LogP contribution in [0.15, 0.2) is 18.2 Å². The van der Waals surface area contributed by atoms with Gasteiger partial charge in [0.1, 0.15) is 5.82 Å². The molecule has 1 aromatic carbocycles. The smallest absolute Gasteiger partial charge is 0.423 e. The standard InChI is InChI=1S/C7H6BF3O2/c9-5-3-1-2-4(8(12)13)6(5)7(10)11/h1-3,7,12-13H. The van der Waals surface area contributed by atoms with E-state index in [1.165, 1.54) is 0 Å². The molecule has 0 saturated carbocycles. The fourth-order valence-electron chi connectivity index (χ4n) is 1.01. The maximum Gasteiger partial charge on any atom is 0.489 e. The van der Waals surface area contributed by atoms with E-state index in [9.17, 15) is 13.2 Å². The SMILES string of the molecule is OB(O)c1cccc(F)c1C(F)F. The third-order valence-electron chi connectivity index (χ3n) is 1.58. The Kier molecular flexibility index (Phi) is 2.95. The number of benzene rings is 1. The summed E-state index contributed by atoms with van der Waals surface area (Å²) in [5.74, 6) is -1.14. The Balaban J connectivity index is 3.26. The van der Waals surface area contributed by atoms with Crippen LogP contribution in [0.25, 0.3) is 0 Å². The van der Waals surface area contributed by atoms with E-state index in [0.717, 1.165) is 18.2 Å². The second-order valence-electron chi connectivity index (χ2n) is 2.42. The van der Waals surface area contributed by atoms with E-state index in [2.05, 4.69) is 0 Å². The van der Waals surface area contributed by atoms with Gasteiger partial charge in [0.15, 0.2) is 0 Å². The fourth-order valence-corrected chi connectivity index (χ4v) is 1.01. The van der Waals surface area contributed by atoms with Crippen molar-refractivity contribution in [1.29, 1.82) is 0 Å². The molecule has 2 nitrogen and oxygen atoms in total. The number of alkyl halides is 2. The quantitative estimate of drug-likeness (QED) is 0.664. The van der Waals surface area contributed by atoms with Gasteiger partial charge in [-0.2, -0.15) is 0 Å². The first kappa shape index (κ1) is 10.1. The summed E-state index contributed by atoms with van der Waals surface area (Å²) in [4.78, 5) is 0. The van der Waals surface area contributed by atoms with Crippen molar-refractivity contribution in [3.8, 4) is 0 Å². The van der Waals surface area contributed by atoms with E-state index in [1.54, 1.807) is 0 Å². The molecule has 0 heterocycles. The Hall–Kier alpha value is -1.01. The molecule has 0 saturated heterocycles. The average molecular weight is 190 g/mol. The van der Waals surface area contributed by atoms with Gasteiger partial charge in [0.2, 0.25) is 0 Å². The molecule has 0 spiro atoms. The number of rotatable bonds is 2. The van der Waals surface area contributed by atoms with Crippen molar-refractivity contribution in [2.45, 2.75) is 6.43 Å². The average Bonchev–Trinajstić information content (AvgIpc) is 2.02. The van der Waals surface area contributed by atoms with Crippen LogP contribution in [0.4, 0.5) is 13.2 Å². The van der Waals surface area contributed by atoms with Crippen LogP contribution in [-0.2, 0) is 0 Å². The summed E-state index contributed by atoms with van der Waals surface area (Å²) in [6, 6.07) is 3.01. The minimum Gasteiger partial charge on any atom is -0.423 e. The summed E-state index contributed by atoms with van der Waals surface area (Å²) in [5, 5.41) is 17.3. The topological polar surface area (TPSA) is 40.5 Å². The Morgan fingerprint density at radius 3 is 2.23 bits per heavy atom. The van der Waals surface area contributed by atoms with E-state index in [-0.39, 0.29) is 0 Å². The zero-order valence-corrected chi connectivity index (χ0v) is 6.42. The number of halogens is 3. The largest absolute Gasteiger partial charge is 0.489 e. The lowest BCUT2D eigenvalue weighted by Crippen LogP contribution is -2.34. The van der Waals surface area contributed by atoms with Crippen molar-refractivity contribution < 1.29 is 23.2 Å². The molecule has 0 radical (unpaired) electrons. The van der Waals surface area contributed by atoms with Crippen LogP contribution < -0.4 is 5.46 Å². The monoisotopic (exact) mass is 190 g/mol. The first-order valence-corrected chi connectivity index (χ1v) is 3.46. The minimum absolute atomic E-state index is 0.505. The summed E-state index contributed by atoms with van der Waals surface area (Å²) >= 11 is 0. The van der Waals surface area contributed by atoms with Gasteiger partial charge in [0, 0.05) is 0 Å². The molecule has 1 aromatic rings. The van der Waals surface area contributed by atoms with Gasteiger partial charge >= 0.3 is 7.12 Å². The molecule has 70 valence electrons. The highest BCUT2D eigenvalue weighted by Crippen LogP contribution is 2.19. The second kappa shape index (κ2) is 3.80. The lowest BCUT2D eigenvalue weighted by Gasteiger charge is -2.08. The number of hydrogen-bond donors (Lipinski definition) is 2. The molecule has 0 unspecified atom stereocenters. The van der Waals surface area contributed by atoms with Gasteiger partial charge in [0.25, 0.3) is 6.43 Å². The molecule has 0 aromatic heterocycles. The van der Waals surface area contributed by atoms with Crippen LogP contribution in [0.3, 0.4) is 0 Å². The van der Waals surface area contributed by atoms with Gasteiger partial charge < -0.3 is 10.0 Å². The Labute approximate surface area is 72.8 Å². The molecule has 1 rings (SSSR count). The highest BCUT2D eigenvalue weighted by atomic mass is 19.3. The summed E-state index contributed by atoms with van der Waals surface area (Å²) < 4.78 is 37.1. The van der Waals surface area contributed by atoms with Crippen molar-refractivity contribution >= 4 is 12.6 Å². The zero-order chi connectivity index (χ0) is 10.0. The molecule has 0 atom stereocenters. The minimum atomic E-state index is -3.06. The molecular weight excluding hydrogens is 184 g/mol. The lowest BCUT2D eigenvalue weighted by atomic mass is 9.77. The summed E-state index contributed by atoms with van der Waals surface area (Å²) in [5.41, 5.74) is -1.47. The van der Waals surface area contributed by atoms with Crippen LogP contribution in [0, 0.1) is 5.82 Å². The highest BCUT2D eigenvalue weighted by Gasteiger charge is 2.24. The van der Waals surface area contributed by atoms with Crippen LogP contribution in [0.1, 0.15) is 12.0 Å². The molecule has 0 bridgehead atoms. The molecule has 0 fully saturated rings. The second-order valence-corrected chi connectivity index (χ2v) is 2.42. The molecule has 13 heavy (non-hydrogen) atoms. The van der Waals surface area contributed by atoms with Crippen molar-refractivity contribution in [2.75, 3.05) is 0 Å². The zero-order valence-electron chi connectivity index (χ0n) is 6.42. The number of hydrogen-bond acceptors (Lipinski definition) is 2. The normalized spacial score (nSPS) is 10.6. The molecule has 0 aliphatic carbocycles. The Bertz CT molecular complexity index is 304. The van der Waals surface area contributed by atoms with E-state index in [1.807, 2.05) is 0 Å². The van der Waals surface area contributed by atoms with E-state index in [4.69, 9.17) is 10.0 Å². The highest BCUT2D eigenvalue weighted by molar-refractivity contribution is 6.59. The Morgan fingerprint density at radius 2 is 1.85 bits per heavy atom. The van der Waals surface area contributed by atoms with Crippen molar-refractivity contribution in [1.82, 2.24) is 0 Å². The molecule has 0 aliphatic heterocycles. The van der Waals surface area contributed by atoms with Crippen LogP contribution >= 0.6 is 0 Å². The first-order valence-electron chi connectivity index (χ1n) is 3.46. The third-order valence-corrected chi connectivity index (χ3v) is 1.58. The third kappa shape index (κ3) is 2.02. The van der Waals surface area contributed by atoms with Gasteiger partial charge in [-0.1, -0.05) is 12.1 Å².